The van der Waals surface area contributed by atoms with Crippen LogP contribution < -0.4 is 11.3 Å². The molecule has 1 atom stereocenters. The summed E-state index contributed by atoms with van der Waals surface area (Å²) < 4.78 is 28.1. The minimum atomic E-state index is -0.526. The molecule has 0 aliphatic heterocycles. The van der Waals surface area contributed by atoms with Gasteiger partial charge in [0.2, 0.25) is 0 Å². The summed E-state index contributed by atoms with van der Waals surface area (Å²) in [4.78, 5) is 0. The first-order valence-corrected chi connectivity index (χ1v) is 7.36. The van der Waals surface area contributed by atoms with Crippen LogP contribution in [-0.4, -0.2) is 6.04 Å². The average molecular weight is 333 g/mol. The van der Waals surface area contributed by atoms with Gasteiger partial charge in [0, 0.05) is 11.6 Å². The lowest BCUT2D eigenvalue weighted by atomic mass is 9.78. The van der Waals surface area contributed by atoms with Crippen molar-refractivity contribution in [2.45, 2.75) is 45.1 Å². The smallest absolute Gasteiger partial charge is 0.143 e. The van der Waals surface area contributed by atoms with E-state index < -0.39 is 11.6 Å². The van der Waals surface area contributed by atoms with E-state index in [0.717, 1.165) is 25.7 Å². The molecule has 1 saturated carbocycles. The SMILES string of the molecule is CC1(C(Cc2c(F)ccc(Br)c2F)NN)CCCC1. The van der Waals surface area contributed by atoms with Gasteiger partial charge in [0.25, 0.3) is 0 Å². The van der Waals surface area contributed by atoms with E-state index in [1.165, 1.54) is 12.1 Å². The maximum absolute atomic E-state index is 14.0. The van der Waals surface area contributed by atoms with E-state index in [0.29, 0.717) is 0 Å². The fourth-order valence-electron chi connectivity index (χ4n) is 3.00. The second-order valence-electron chi connectivity index (χ2n) is 5.61. The minimum absolute atomic E-state index is 0.00987. The normalized spacial score (nSPS) is 19.6. The highest BCUT2D eigenvalue weighted by Crippen LogP contribution is 2.41. The summed E-state index contributed by atoms with van der Waals surface area (Å²) in [6.07, 6.45) is 4.65. The molecule has 106 valence electrons. The third-order valence-corrected chi connectivity index (χ3v) is 4.95. The molecule has 1 aromatic carbocycles. The van der Waals surface area contributed by atoms with Crippen molar-refractivity contribution in [3.8, 4) is 0 Å². The largest absolute Gasteiger partial charge is 0.271 e. The molecule has 2 nitrogen and oxygen atoms in total. The number of halogens is 3. The minimum Gasteiger partial charge on any atom is -0.271 e. The van der Waals surface area contributed by atoms with Crippen molar-refractivity contribution in [1.29, 1.82) is 0 Å². The van der Waals surface area contributed by atoms with Crippen LogP contribution in [0, 0.1) is 17.0 Å². The summed E-state index contributed by atoms with van der Waals surface area (Å²) in [5.74, 6) is 4.58. The first-order valence-electron chi connectivity index (χ1n) is 6.56. The van der Waals surface area contributed by atoms with E-state index in [1.54, 1.807) is 0 Å². The van der Waals surface area contributed by atoms with Crippen LogP contribution in [0.1, 0.15) is 38.2 Å². The summed E-state index contributed by atoms with van der Waals surface area (Å²) in [5, 5.41) is 0. The predicted octanol–water partition coefficient (Wildman–Crippen LogP) is 3.68. The van der Waals surface area contributed by atoms with E-state index in [2.05, 4.69) is 28.3 Å². The Morgan fingerprint density at radius 1 is 1.37 bits per heavy atom. The second kappa shape index (κ2) is 5.85. The standard InChI is InChI=1S/C14H19BrF2N2/c1-14(6-2-3-7-14)12(19-18)8-9-11(16)5-4-10(15)13(9)17/h4-5,12,19H,2-3,6-8,18H2,1H3. The molecule has 0 spiro atoms. The summed E-state index contributed by atoms with van der Waals surface area (Å²) >= 11 is 3.10. The number of nitrogens with one attached hydrogen (secondary N) is 1. The lowest BCUT2D eigenvalue weighted by Gasteiger charge is -2.34. The van der Waals surface area contributed by atoms with Crippen LogP contribution in [0.25, 0.3) is 0 Å². The quantitative estimate of drug-likeness (QED) is 0.501. The first kappa shape index (κ1) is 14.9. The number of rotatable bonds is 4. The third kappa shape index (κ3) is 2.98. The lowest BCUT2D eigenvalue weighted by Crippen LogP contribution is -2.47. The van der Waals surface area contributed by atoms with Crippen molar-refractivity contribution in [3.63, 3.8) is 0 Å². The van der Waals surface area contributed by atoms with Crippen LogP contribution in [0.2, 0.25) is 0 Å². The Morgan fingerprint density at radius 2 is 2.00 bits per heavy atom. The van der Waals surface area contributed by atoms with Gasteiger partial charge >= 0.3 is 0 Å². The monoisotopic (exact) mass is 332 g/mol. The molecular formula is C14H19BrF2N2. The summed E-state index contributed by atoms with van der Waals surface area (Å²) in [6, 6.07) is 2.55. The van der Waals surface area contributed by atoms with Gasteiger partial charge in [-0.15, -0.1) is 0 Å². The van der Waals surface area contributed by atoms with Gasteiger partial charge in [0.1, 0.15) is 11.6 Å². The fraction of sp³-hybridized carbons (Fsp3) is 0.571. The number of hydrogen-bond donors (Lipinski definition) is 2. The highest BCUT2D eigenvalue weighted by molar-refractivity contribution is 9.10. The predicted molar refractivity (Wildman–Crippen MR) is 75.4 cm³/mol. The highest BCUT2D eigenvalue weighted by atomic mass is 79.9. The van der Waals surface area contributed by atoms with Crippen LogP contribution >= 0.6 is 15.9 Å². The van der Waals surface area contributed by atoms with E-state index in [9.17, 15) is 8.78 Å². The highest BCUT2D eigenvalue weighted by Gasteiger charge is 2.37. The number of benzene rings is 1. The van der Waals surface area contributed by atoms with Crippen LogP contribution in [0.3, 0.4) is 0 Å². The van der Waals surface area contributed by atoms with Gasteiger partial charge in [0.05, 0.1) is 4.47 Å². The Kier molecular flexibility index (Phi) is 4.58. The van der Waals surface area contributed by atoms with Crippen LogP contribution in [0.5, 0.6) is 0 Å². The molecule has 19 heavy (non-hydrogen) atoms. The molecule has 0 bridgehead atoms. The summed E-state index contributed by atoms with van der Waals surface area (Å²) in [5.41, 5.74) is 2.87. The van der Waals surface area contributed by atoms with Crippen LogP contribution in [-0.2, 0) is 6.42 Å². The third-order valence-electron chi connectivity index (χ3n) is 4.34. The molecule has 0 saturated heterocycles. The Morgan fingerprint density at radius 3 is 2.58 bits per heavy atom. The molecule has 1 unspecified atom stereocenters. The van der Waals surface area contributed by atoms with Gasteiger partial charge in [-0.3, -0.25) is 11.3 Å². The molecule has 1 aromatic rings. The number of hydrazine groups is 1. The molecule has 0 amide bonds. The van der Waals surface area contributed by atoms with E-state index in [1.807, 2.05) is 0 Å². The van der Waals surface area contributed by atoms with Gasteiger partial charge in [-0.1, -0.05) is 19.8 Å². The van der Waals surface area contributed by atoms with E-state index in [-0.39, 0.29) is 27.9 Å². The molecule has 1 fully saturated rings. The zero-order chi connectivity index (χ0) is 14.0. The Bertz CT molecular complexity index is 459. The van der Waals surface area contributed by atoms with Crippen molar-refractivity contribution < 1.29 is 8.78 Å². The zero-order valence-corrected chi connectivity index (χ0v) is 12.6. The molecule has 0 aromatic heterocycles. The topological polar surface area (TPSA) is 38.0 Å². The maximum Gasteiger partial charge on any atom is 0.143 e. The van der Waals surface area contributed by atoms with Crippen LogP contribution in [0.15, 0.2) is 16.6 Å². The van der Waals surface area contributed by atoms with Crippen molar-refractivity contribution in [2.75, 3.05) is 0 Å². The Hall–Kier alpha value is -0.520. The summed E-state index contributed by atoms with van der Waals surface area (Å²) in [6.45, 7) is 2.14. The van der Waals surface area contributed by atoms with E-state index >= 15 is 0 Å². The average Bonchev–Trinajstić information content (AvgIpc) is 2.82. The molecule has 0 heterocycles. The second-order valence-corrected chi connectivity index (χ2v) is 6.46. The fourth-order valence-corrected chi connectivity index (χ4v) is 3.37. The molecular weight excluding hydrogens is 314 g/mol. The number of nitrogens with two attached hydrogens (primary N) is 1. The molecule has 1 aliphatic carbocycles. The molecule has 1 aliphatic rings. The van der Waals surface area contributed by atoms with Crippen molar-refractivity contribution in [1.82, 2.24) is 5.43 Å². The van der Waals surface area contributed by atoms with Gasteiger partial charge in [-0.25, -0.2) is 8.78 Å². The van der Waals surface area contributed by atoms with Crippen molar-refractivity contribution >= 4 is 15.9 Å². The molecule has 5 heteroatoms. The van der Waals surface area contributed by atoms with Crippen molar-refractivity contribution in [3.05, 3.63) is 33.8 Å². The zero-order valence-electron chi connectivity index (χ0n) is 11.0. The molecule has 0 radical (unpaired) electrons. The molecule has 3 N–H and O–H groups in total. The summed E-state index contributed by atoms with van der Waals surface area (Å²) in [7, 11) is 0. The first-order chi connectivity index (χ1) is 8.98. The Balaban J connectivity index is 2.26. The number of hydrogen-bond acceptors (Lipinski definition) is 2. The van der Waals surface area contributed by atoms with Gasteiger partial charge in [-0.2, -0.15) is 0 Å². The van der Waals surface area contributed by atoms with Gasteiger partial charge in [0.15, 0.2) is 0 Å². The van der Waals surface area contributed by atoms with Gasteiger partial charge < -0.3 is 0 Å². The van der Waals surface area contributed by atoms with E-state index in [4.69, 9.17) is 5.84 Å². The van der Waals surface area contributed by atoms with Crippen LogP contribution in [0.4, 0.5) is 8.78 Å². The maximum atomic E-state index is 14.0. The van der Waals surface area contributed by atoms with Crippen molar-refractivity contribution in [2.24, 2.45) is 11.3 Å². The molecule has 2 rings (SSSR count). The lowest BCUT2D eigenvalue weighted by molar-refractivity contribution is 0.218. The Labute approximate surface area is 120 Å². The van der Waals surface area contributed by atoms with Gasteiger partial charge in [-0.05, 0) is 52.7 Å².